The van der Waals surface area contributed by atoms with Gasteiger partial charge in [0.2, 0.25) is 0 Å². The number of carbonyl (C=O) groups excluding carboxylic acids is 1. The van der Waals surface area contributed by atoms with Crippen molar-refractivity contribution in [3.05, 3.63) is 54.1 Å². The van der Waals surface area contributed by atoms with Gasteiger partial charge in [-0.2, -0.15) is 0 Å². The molecule has 0 saturated heterocycles. The summed E-state index contributed by atoms with van der Waals surface area (Å²) in [4.78, 5) is 12.4. The number of ether oxygens (including phenoxy) is 2. The van der Waals surface area contributed by atoms with Crippen LogP contribution in [0.4, 0.5) is 5.69 Å². The summed E-state index contributed by atoms with van der Waals surface area (Å²) in [5, 5.41) is 5.90. The Labute approximate surface area is 166 Å². The van der Waals surface area contributed by atoms with Gasteiger partial charge in [-0.25, -0.2) is 0 Å². The maximum Gasteiger partial charge on any atom is 0.257 e. The molecule has 0 bridgehead atoms. The molecule has 27 heavy (non-hydrogen) atoms. The van der Waals surface area contributed by atoms with E-state index in [4.69, 9.17) is 21.7 Å². The molecule has 0 atom stereocenters. The molecule has 0 aromatic heterocycles. The van der Waals surface area contributed by atoms with E-state index < -0.39 is 0 Å². The van der Waals surface area contributed by atoms with Crippen molar-refractivity contribution in [2.45, 2.75) is 39.7 Å². The zero-order chi connectivity index (χ0) is 19.6. The van der Waals surface area contributed by atoms with Crippen molar-refractivity contribution in [1.82, 2.24) is 5.32 Å². The van der Waals surface area contributed by atoms with Gasteiger partial charge in [0.25, 0.3) is 5.91 Å². The quantitative estimate of drug-likeness (QED) is 0.505. The minimum atomic E-state index is -0.284. The second-order valence-corrected chi connectivity index (χ2v) is 6.74. The highest BCUT2D eigenvalue weighted by atomic mass is 32.1. The van der Waals surface area contributed by atoms with Gasteiger partial charge in [-0.05, 0) is 75.0 Å². The van der Waals surface area contributed by atoms with E-state index >= 15 is 0 Å². The molecule has 2 rings (SSSR count). The molecule has 0 fully saturated rings. The first kappa shape index (κ1) is 20.7. The lowest BCUT2D eigenvalue weighted by atomic mass is 10.2. The molecule has 2 aromatic rings. The SMILES string of the molecule is CCCCOc1cccc(C(=O)NC(=S)Nc2ccc(OC(C)C)cc2)c1. The summed E-state index contributed by atoms with van der Waals surface area (Å²) in [5.74, 6) is 1.18. The summed E-state index contributed by atoms with van der Waals surface area (Å²) in [6, 6.07) is 14.5. The number of anilines is 1. The number of unbranched alkanes of at least 4 members (excludes halogenated alkanes) is 1. The van der Waals surface area contributed by atoms with Crippen molar-refractivity contribution in [2.24, 2.45) is 0 Å². The Morgan fingerprint density at radius 3 is 2.52 bits per heavy atom. The fourth-order valence-corrected chi connectivity index (χ4v) is 2.50. The van der Waals surface area contributed by atoms with Crippen molar-refractivity contribution >= 4 is 28.9 Å². The van der Waals surface area contributed by atoms with Crippen molar-refractivity contribution in [3.8, 4) is 11.5 Å². The molecular weight excluding hydrogens is 360 g/mol. The molecular formula is C21H26N2O3S. The van der Waals surface area contributed by atoms with Gasteiger partial charge in [0.1, 0.15) is 11.5 Å². The number of benzene rings is 2. The lowest BCUT2D eigenvalue weighted by Crippen LogP contribution is -2.34. The maximum atomic E-state index is 12.4. The van der Waals surface area contributed by atoms with E-state index in [0.29, 0.717) is 17.9 Å². The van der Waals surface area contributed by atoms with Crippen LogP contribution in [0.15, 0.2) is 48.5 Å². The first-order valence-corrected chi connectivity index (χ1v) is 9.50. The zero-order valence-corrected chi connectivity index (χ0v) is 16.8. The smallest absolute Gasteiger partial charge is 0.257 e. The second-order valence-electron chi connectivity index (χ2n) is 6.33. The summed E-state index contributed by atoms with van der Waals surface area (Å²) in [5.41, 5.74) is 1.27. The summed E-state index contributed by atoms with van der Waals surface area (Å²) in [7, 11) is 0. The molecule has 0 heterocycles. The summed E-state index contributed by atoms with van der Waals surface area (Å²) < 4.78 is 11.2. The summed E-state index contributed by atoms with van der Waals surface area (Å²) in [6.45, 7) is 6.69. The topological polar surface area (TPSA) is 59.6 Å². The Kier molecular flexibility index (Phi) is 8.07. The average molecular weight is 387 g/mol. The molecule has 0 saturated carbocycles. The Hall–Kier alpha value is -2.60. The van der Waals surface area contributed by atoms with Gasteiger partial charge in [0.05, 0.1) is 12.7 Å². The lowest BCUT2D eigenvalue weighted by molar-refractivity contribution is 0.0977. The Morgan fingerprint density at radius 1 is 1.11 bits per heavy atom. The number of amides is 1. The fourth-order valence-electron chi connectivity index (χ4n) is 2.29. The van der Waals surface area contributed by atoms with Gasteiger partial charge in [-0.15, -0.1) is 0 Å². The van der Waals surface area contributed by atoms with Crippen LogP contribution in [0, 0.1) is 0 Å². The number of rotatable bonds is 8. The van der Waals surface area contributed by atoms with Gasteiger partial charge < -0.3 is 14.8 Å². The van der Waals surface area contributed by atoms with Gasteiger partial charge >= 0.3 is 0 Å². The van der Waals surface area contributed by atoms with Crippen molar-refractivity contribution in [3.63, 3.8) is 0 Å². The minimum absolute atomic E-state index is 0.117. The molecule has 0 radical (unpaired) electrons. The Morgan fingerprint density at radius 2 is 1.85 bits per heavy atom. The van der Waals surface area contributed by atoms with E-state index in [1.807, 2.05) is 44.2 Å². The van der Waals surface area contributed by atoms with Crippen LogP contribution >= 0.6 is 12.2 Å². The maximum absolute atomic E-state index is 12.4. The molecule has 0 aliphatic heterocycles. The van der Waals surface area contributed by atoms with Crippen molar-refractivity contribution in [1.29, 1.82) is 0 Å². The molecule has 0 aliphatic rings. The van der Waals surface area contributed by atoms with Gasteiger partial charge in [-0.3, -0.25) is 10.1 Å². The largest absolute Gasteiger partial charge is 0.494 e. The van der Waals surface area contributed by atoms with Crippen molar-refractivity contribution < 1.29 is 14.3 Å². The van der Waals surface area contributed by atoms with Gasteiger partial charge in [-0.1, -0.05) is 19.4 Å². The molecule has 0 unspecified atom stereocenters. The third-order valence-electron chi connectivity index (χ3n) is 3.57. The average Bonchev–Trinajstić information content (AvgIpc) is 2.63. The number of nitrogens with one attached hydrogen (secondary N) is 2. The van der Waals surface area contributed by atoms with Crippen molar-refractivity contribution in [2.75, 3.05) is 11.9 Å². The van der Waals surface area contributed by atoms with Crippen LogP contribution in [-0.2, 0) is 0 Å². The van der Waals surface area contributed by atoms with E-state index in [1.165, 1.54) is 0 Å². The monoisotopic (exact) mass is 386 g/mol. The Bertz CT molecular complexity index is 760. The minimum Gasteiger partial charge on any atom is -0.494 e. The predicted octanol–water partition coefficient (Wildman–Crippen LogP) is 4.78. The molecule has 0 spiro atoms. The summed E-state index contributed by atoms with van der Waals surface area (Å²) >= 11 is 5.23. The first-order chi connectivity index (χ1) is 13.0. The standard InChI is InChI=1S/C21H26N2O3S/c1-4-5-13-25-19-8-6-7-16(14-19)20(24)23-21(27)22-17-9-11-18(12-10-17)26-15(2)3/h6-12,14-15H,4-5,13H2,1-3H3,(H2,22,23,24,27). The van der Waals surface area contributed by atoms with Crippen LogP contribution in [0.5, 0.6) is 11.5 Å². The zero-order valence-electron chi connectivity index (χ0n) is 16.0. The van der Waals surface area contributed by atoms with Crippen LogP contribution in [-0.4, -0.2) is 23.7 Å². The van der Waals surface area contributed by atoms with Gasteiger partial charge in [0.15, 0.2) is 5.11 Å². The molecule has 144 valence electrons. The van der Waals surface area contributed by atoms with Gasteiger partial charge in [0, 0.05) is 11.3 Å². The third-order valence-corrected chi connectivity index (χ3v) is 3.78. The van der Waals surface area contributed by atoms with E-state index in [2.05, 4.69) is 17.6 Å². The Balaban J connectivity index is 1.89. The molecule has 6 heteroatoms. The van der Waals surface area contributed by atoms with Crippen LogP contribution in [0.1, 0.15) is 44.0 Å². The van der Waals surface area contributed by atoms with E-state index in [-0.39, 0.29) is 17.1 Å². The number of thiocarbonyl (C=S) groups is 1. The second kappa shape index (κ2) is 10.5. The highest BCUT2D eigenvalue weighted by Gasteiger charge is 2.09. The number of hydrogen-bond donors (Lipinski definition) is 2. The van der Waals surface area contributed by atoms with E-state index in [0.717, 1.165) is 24.3 Å². The molecule has 5 nitrogen and oxygen atoms in total. The predicted molar refractivity (Wildman–Crippen MR) is 113 cm³/mol. The molecule has 1 amide bonds. The van der Waals surface area contributed by atoms with Crippen LogP contribution in [0.3, 0.4) is 0 Å². The third kappa shape index (κ3) is 7.27. The normalized spacial score (nSPS) is 10.4. The van der Waals surface area contributed by atoms with Crippen LogP contribution in [0.25, 0.3) is 0 Å². The molecule has 0 aliphatic carbocycles. The lowest BCUT2D eigenvalue weighted by Gasteiger charge is -2.12. The number of carbonyl (C=O) groups is 1. The highest BCUT2D eigenvalue weighted by Crippen LogP contribution is 2.17. The fraction of sp³-hybridized carbons (Fsp3) is 0.333. The van der Waals surface area contributed by atoms with Crippen LogP contribution < -0.4 is 20.1 Å². The highest BCUT2D eigenvalue weighted by molar-refractivity contribution is 7.80. The summed E-state index contributed by atoms with van der Waals surface area (Å²) in [6.07, 6.45) is 2.15. The number of hydrogen-bond acceptors (Lipinski definition) is 4. The molecule has 2 N–H and O–H groups in total. The van der Waals surface area contributed by atoms with E-state index in [9.17, 15) is 4.79 Å². The van der Waals surface area contributed by atoms with Crippen LogP contribution in [0.2, 0.25) is 0 Å². The van der Waals surface area contributed by atoms with E-state index in [1.54, 1.807) is 18.2 Å². The molecule has 2 aromatic carbocycles. The first-order valence-electron chi connectivity index (χ1n) is 9.10.